The monoisotopic (exact) mass is 347 g/mol. The maximum Gasteiger partial charge on any atom is 0.119 e. The van der Waals surface area contributed by atoms with Crippen LogP contribution in [0.4, 0.5) is 0 Å². The molecule has 112 valence electrons. The van der Waals surface area contributed by atoms with E-state index < -0.39 is 0 Å². The predicted molar refractivity (Wildman–Crippen MR) is 92.0 cm³/mol. The summed E-state index contributed by atoms with van der Waals surface area (Å²) in [4.78, 5) is 0. The maximum absolute atomic E-state index is 5.36. The first-order chi connectivity index (χ1) is 10.2. The quantitative estimate of drug-likeness (QED) is 0.805. The average Bonchev–Trinajstić information content (AvgIpc) is 2.49. The van der Waals surface area contributed by atoms with Gasteiger partial charge in [-0.3, -0.25) is 0 Å². The summed E-state index contributed by atoms with van der Waals surface area (Å²) >= 11 is 3.70. The zero-order chi connectivity index (χ0) is 15.2. The highest BCUT2D eigenvalue weighted by Gasteiger charge is 2.16. The van der Waals surface area contributed by atoms with Gasteiger partial charge >= 0.3 is 0 Å². The minimum absolute atomic E-state index is 0.162. The fourth-order valence-electron chi connectivity index (χ4n) is 2.38. The minimum Gasteiger partial charge on any atom is -0.497 e. The van der Waals surface area contributed by atoms with Gasteiger partial charge in [-0.2, -0.15) is 0 Å². The number of hydrogen-bond acceptors (Lipinski definition) is 2. The Kier molecular flexibility index (Phi) is 5.83. The summed E-state index contributed by atoms with van der Waals surface area (Å²) in [6, 6.07) is 14.9. The minimum atomic E-state index is 0.162. The van der Waals surface area contributed by atoms with Crippen LogP contribution in [-0.4, -0.2) is 13.7 Å². The molecule has 2 rings (SSSR count). The van der Waals surface area contributed by atoms with Crippen molar-refractivity contribution in [2.45, 2.75) is 26.3 Å². The molecule has 1 atom stereocenters. The molecule has 2 nitrogen and oxygen atoms in total. The molecule has 1 N–H and O–H groups in total. The Bertz CT molecular complexity index is 598. The number of halogens is 1. The number of ether oxygens (including phenoxy) is 1. The summed E-state index contributed by atoms with van der Waals surface area (Å²) in [6.45, 7) is 5.26. The molecule has 0 aliphatic carbocycles. The van der Waals surface area contributed by atoms with Gasteiger partial charge in [-0.25, -0.2) is 0 Å². The largest absolute Gasteiger partial charge is 0.497 e. The van der Waals surface area contributed by atoms with Crippen molar-refractivity contribution in [3.63, 3.8) is 0 Å². The van der Waals surface area contributed by atoms with E-state index in [4.69, 9.17) is 4.74 Å². The second-order valence-corrected chi connectivity index (χ2v) is 6.04. The highest BCUT2D eigenvalue weighted by molar-refractivity contribution is 9.10. The average molecular weight is 348 g/mol. The Labute approximate surface area is 135 Å². The van der Waals surface area contributed by atoms with Crippen molar-refractivity contribution in [2.24, 2.45) is 0 Å². The molecule has 0 saturated heterocycles. The van der Waals surface area contributed by atoms with Gasteiger partial charge in [-0.15, -0.1) is 0 Å². The van der Waals surface area contributed by atoms with E-state index in [9.17, 15) is 0 Å². The molecular weight excluding hydrogens is 326 g/mol. The summed E-state index contributed by atoms with van der Waals surface area (Å²) in [5.41, 5.74) is 3.72. The van der Waals surface area contributed by atoms with Crippen molar-refractivity contribution < 1.29 is 4.74 Å². The number of methoxy groups -OCH3 is 1. The van der Waals surface area contributed by atoms with Crippen molar-refractivity contribution >= 4 is 15.9 Å². The van der Waals surface area contributed by atoms with E-state index in [1.165, 1.54) is 16.7 Å². The van der Waals surface area contributed by atoms with Crippen LogP contribution in [0.3, 0.4) is 0 Å². The fraction of sp³-hybridized carbons (Fsp3) is 0.333. The van der Waals surface area contributed by atoms with E-state index >= 15 is 0 Å². The molecule has 2 aromatic carbocycles. The van der Waals surface area contributed by atoms with E-state index in [1.54, 1.807) is 7.11 Å². The van der Waals surface area contributed by atoms with E-state index in [1.807, 2.05) is 12.1 Å². The Balaban J connectivity index is 2.41. The second-order valence-electron chi connectivity index (χ2n) is 5.19. The van der Waals surface area contributed by atoms with Gasteiger partial charge in [0.15, 0.2) is 0 Å². The number of rotatable bonds is 6. The summed E-state index contributed by atoms with van der Waals surface area (Å²) < 4.78 is 6.49. The first-order valence-corrected chi connectivity index (χ1v) is 8.08. The van der Waals surface area contributed by atoms with Gasteiger partial charge in [0.05, 0.1) is 13.2 Å². The Morgan fingerprint density at radius 1 is 1.19 bits per heavy atom. The second kappa shape index (κ2) is 7.62. The Morgan fingerprint density at radius 3 is 2.67 bits per heavy atom. The van der Waals surface area contributed by atoms with Gasteiger partial charge in [-0.05, 0) is 54.8 Å². The van der Waals surface area contributed by atoms with Crippen molar-refractivity contribution in [1.29, 1.82) is 0 Å². The van der Waals surface area contributed by atoms with Gasteiger partial charge in [0, 0.05) is 4.47 Å². The summed E-state index contributed by atoms with van der Waals surface area (Å²) in [5.74, 6) is 0.888. The number of hydrogen-bond donors (Lipinski definition) is 1. The first-order valence-electron chi connectivity index (χ1n) is 7.29. The van der Waals surface area contributed by atoms with Crippen LogP contribution in [0.2, 0.25) is 0 Å². The van der Waals surface area contributed by atoms with E-state index in [0.29, 0.717) is 0 Å². The van der Waals surface area contributed by atoms with Crippen molar-refractivity contribution in [3.05, 3.63) is 63.6 Å². The van der Waals surface area contributed by atoms with Crippen LogP contribution in [0, 0.1) is 6.92 Å². The molecule has 0 aliphatic heterocycles. The smallest absolute Gasteiger partial charge is 0.119 e. The van der Waals surface area contributed by atoms with Gasteiger partial charge in [0.25, 0.3) is 0 Å². The predicted octanol–water partition coefficient (Wildman–Crippen LogP) is 4.86. The highest BCUT2D eigenvalue weighted by Crippen LogP contribution is 2.31. The molecule has 1 unspecified atom stereocenters. The van der Waals surface area contributed by atoms with Crippen LogP contribution in [0.1, 0.15) is 36.1 Å². The third-order valence-corrected chi connectivity index (χ3v) is 4.18. The van der Waals surface area contributed by atoms with Gasteiger partial charge in [0.2, 0.25) is 0 Å². The Morgan fingerprint density at radius 2 is 2.00 bits per heavy atom. The topological polar surface area (TPSA) is 21.3 Å². The highest BCUT2D eigenvalue weighted by atomic mass is 79.9. The normalized spacial score (nSPS) is 12.2. The van der Waals surface area contributed by atoms with Crippen LogP contribution in [0.5, 0.6) is 5.75 Å². The lowest BCUT2D eigenvalue weighted by atomic mass is 9.97. The van der Waals surface area contributed by atoms with Crippen molar-refractivity contribution in [1.82, 2.24) is 5.32 Å². The number of nitrogens with one attached hydrogen (secondary N) is 1. The van der Waals surface area contributed by atoms with Crippen LogP contribution in [0.25, 0.3) is 0 Å². The lowest BCUT2D eigenvalue weighted by Crippen LogP contribution is -2.23. The van der Waals surface area contributed by atoms with E-state index in [-0.39, 0.29) is 6.04 Å². The lowest BCUT2D eigenvalue weighted by Gasteiger charge is -2.21. The van der Waals surface area contributed by atoms with Gasteiger partial charge in [-0.1, -0.05) is 47.1 Å². The molecule has 0 saturated carbocycles. The summed E-state index contributed by atoms with van der Waals surface area (Å²) in [5, 5.41) is 3.63. The zero-order valence-corrected chi connectivity index (χ0v) is 14.4. The number of benzene rings is 2. The zero-order valence-electron chi connectivity index (χ0n) is 12.8. The molecule has 21 heavy (non-hydrogen) atoms. The molecular formula is C18H22BrNO. The SMILES string of the molecule is CCCNC(c1cccc(OC)c1)c1ccc(C)cc1Br. The lowest BCUT2D eigenvalue weighted by molar-refractivity contribution is 0.413. The standard InChI is InChI=1S/C18H22BrNO/c1-4-10-20-18(14-6-5-7-15(12-14)21-3)16-9-8-13(2)11-17(16)19/h5-9,11-12,18,20H,4,10H2,1-3H3. The molecule has 0 radical (unpaired) electrons. The molecule has 2 aromatic rings. The molecule has 0 fully saturated rings. The number of aryl methyl sites for hydroxylation is 1. The first kappa shape index (κ1) is 16.1. The molecule has 0 spiro atoms. The van der Waals surface area contributed by atoms with Crippen LogP contribution >= 0.6 is 15.9 Å². The van der Waals surface area contributed by atoms with E-state index in [0.717, 1.165) is 23.2 Å². The molecule has 0 aliphatic rings. The molecule has 3 heteroatoms. The Hall–Kier alpha value is -1.32. The summed E-state index contributed by atoms with van der Waals surface area (Å²) in [7, 11) is 1.70. The van der Waals surface area contributed by atoms with Gasteiger partial charge in [0.1, 0.15) is 5.75 Å². The maximum atomic E-state index is 5.36. The van der Waals surface area contributed by atoms with Gasteiger partial charge < -0.3 is 10.1 Å². The molecule has 0 amide bonds. The molecule has 0 aromatic heterocycles. The van der Waals surface area contributed by atoms with Crippen LogP contribution in [0.15, 0.2) is 46.9 Å². The third kappa shape index (κ3) is 4.08. The third-order valence-electron chi connectivity index (χ3n) is 3.49. The molecule has 0 heterocycles. The van der Waals surface area contributed by atoms with Crippen LogP contribution in [-0.2, 0) is 0 Å². The summed E-state index contributed by atoms with van der Waals surface area (Å²) in [6.07, 6.45) is 1.10. The van der Waals surface area contributed by atoms with Crippen molar-refractivity contribution in [2.75, 3.05) is 13.7 Å². The van der Waals surface area contributed by atoms with Crippen molar-refractivity contribution in [3.8, 4) is 5.75 Å². The molecule has 0 bridgehead atoms. The fourth-order valence-corrected chi connectivity index (χ4v) is 3.11. The van der Waals surface area contributed by atoms with E-state index in [2.05, 4.69) is 65.4 Å². The van der Waals surface area contributed by atoms with Crippen LogP contribution < -0.4 is 10.1 Å².